The van der Waals surface area contributed by atoms with Gasteiger partial charge in [0.25, 0.3) is 5.91 Å². The van der Waals surface area contributed by atoms with Gasteiger partial charge >= 0.3 is 0 Å². The van der Waals surface area contributed by atoms with Crippen LogP contribution in [0, 0.1) is 6.92 Å². The van der Waals surface area contributed by atoms with Gasteiger partial charge in [-0.05, 0) is 38.3 Å². The van der Waals surface area contributed by atoms with E-state index < -0.39 is 0 Å². The van der Waals surface area contributed by atoms with Crippen LogP contribution in [0.2, 0.25) is 0 Å². The largest absolute Gasteiger partial charge is 0.368 e. The first-order chi connectivity index (χ1) is 11.6. The highest BCUT2D eigenvalue weighted by atomic mass is 16.5. The van der Waals surface area contributed by atoms with Gasteiger partial charge in [0, 0.05) is 25.3 Å². The van der Waals surface area contributed by atoms with Gasteiger partial charge in [0.2, 0.25) is 5.91 Å². The van der Waals surface area contributed by atoms with Gasteiger partial charge in [-0.2, -0.15) is 0 Å². The predicted molar refractivity (Wildman–Crippen MR) is 87.0 cm³/mol. The Bertz CT molecular complexity index is 657. The van der Waals surface area contributed by atoms with Crippen molar-refractivity contribution >= 4 is 11.8 Å². The van der Waals surface area contributed by atoms with Gasteiger partial charge in [-0.25, -0.2) is 0 Å². The molecule has 3 aliphatic heterocycles. The van der Waals surface area contributed by atoms with Crippen molar-refractivity contribution in [1.29, 1.82) is 0 Å². The van der Waals surface area contributed by atoms with Gasteiger partial charge in [0.05, 0.1) is 24.3 Å². The number of fused-ring (bicyclic) bond motifs is 1. The van der Waals surface area contributed by atoms with E-state index in [2.05, 4.69) is 4.98 Å². The molecule has 1 aromatic heterocycles. The van der Waals surface area contributed by atoms with Crippen LogP contribution in [0.25, 0.3) is 0 Å². The maximum absolute atomic E-state index is 12.7. The van der Waals surface area contributed by atoms with Crippen molar-refractivity contribution in [2.45, 2.75) is 57.3 Å². The van der Waals surface area contributed by atoms with E-state index in [1.807, 2.05) is 34.9 Å². The van der Waals surface area contributed by atoms with Crippen molar-refractivity contribution in [3.63, 3.8) is 0 Å². The number of ether oxygens (including phenoxy) is 1. The molecule has 0 saturated carbocycles. The van der Waals surface area contributed by atoms with Gasteiger partial charge in [0.15, 0.2) is 0 Å². The lowest BCUT2D eigenvalue weighted by molar-refractivity contribution is -0.141. The van der Waals surface area contributed by atoms with Crippen LogP contribution in [-0.4, -0.2) is 57.9 Å². The fourth-order valence-electron chi connectivity index (χ4n) is 4.23. The maximum atomic E-state index is 12.7. The number of nitrogens with zero attached hydrogens (tertiary/aromatic N) is 3. The molecule has 3 aliphatic rings. The van der Waals surface area contributed by atoms with Crippen molar-refractivity contribution in [3.8, 4) is 0 Å². The third-order valence-corrected chi connectivity index (χ3v) is 5.38. The SMILES string of the molecule is Cc1cccc(CN2C(=O)C[C@@H]3[C@@H]2CCN3C(=O)[C@@H]2CCCO2)n1. The summed E-state index contributed by atoms with van der Waals surface area (Å²) >= 11 is 0. The maximum Gasteiger partial charge on any atom is 0.252 e. The molecular formula is C18H23N3O3. The number of likely N-dealkylation sites (tertiary alicyclic amines) is 2. The summed E-state index contributed by atoms with van der Waals surface area (Å²) in [6.07, 6.45) is 2.72. The zero-order chi connectivity index (χ0) is 16.7. The second kappa shape index (κ2) is 6.16. The van der Waals surface area contributed by atoms with Gasteiger partial charge in [0.1, 0.15) is 6.10 Å². The van der Waals surface area contributed by atoms with Crippen LogP contribution >= 0.6 is 0 Å². The minimum atomic E-state index is -0.300. The average molecular weight is 329 g/mol. The summed E-state index contributed by atoms with van der Waals surface area (Å²) in [6.45, 7) is 3.88. The molecule has 0 spiro atoms. The molecule has 6 heteroatoms. The number of carbonyl (C=O) groups excluding carboxylic acids is 2. The minimum Gasteiger partial charge on any atom is -0.368 e. The Kier molecular flexibility index (Phi) is 4.00. The second-order valence-corrected chi connectivity index (χ2v) is 6.95. The molecule has 4 rings (SSSR count). The van der Waals surface area contributed by atoms with E-state index in [1.165, 1.54) is 0 Å². The summed E-state index contributed by atoms with van der Waals surface area (Å²) in [7, 11) is 0. The number of amides is 2. The molecule has 128 valence electrons. The van der Waals surface area contributed by atoms with E-state index in [9.17, 15) is 9.59 Å². The molecule has 1 aromatic rings. The number of carbonyl (C=O) groups is 2. The Morgan fingerprint density at radius 2 is 2.21 bits per heavy atom. The minimum absolute atomic E-state index is 0.000917. The van der Waals surface area contributed by atoms with Gasteiger partial charge in [-0.15, -0.1) is 0 Å². The standard InChI is InChI=1S/C18H23N3O3/c1-12-4-2-5-13(19-12)11-21-14-7-8-20(15(14)10-17(21)22)18(23)16-6-3-9-24-16/h2,4-5,14-16H,3,6-11H2,1H3/t14-,15+,16-/m0/s1. The summed E-state index contributed by atoms with van der Waals surface area (Å²) in [5, 5.41) is 0. The van der Waals surface area contributed by atoms with Crippen molar-refractivity contribution in [3.05, 3.63) is 29.6 Å². The van der Waals surface area contributed by atoms with Gasteiger partial charge < -0.3 is 14.5 Å². The Balaban J connectivity index is 1.48. The molecule has 6 nitrogen and oxygen atoms in total. The molecule has 0 N–H and O–H groups in total. The first kappa shape index (κ1) is 15.6. The molecular weight excluding hydrogens is 306 g/mol. The molecule has 3 saturated heterocycles. The number of rotatable bonds is 3. The van der Waals surface area contributed by atoms with Crippen molar-refractivity contribution in [2.24, 2.45) is 0 Å². The Labute approximate surface area is 141 Å². The lowest BCUT2D eigenvalue weighted by atomic mass is 10.1. The number of hydrogen-bond donors (Lipinski definition) is 0. The van der Waals surface area contributed by atoms with Crippen molar-refractivity contribution in [1.82, 2.24) is 14.8 Å². The highest BCUT2D eigenvalue weighted by Gasteiger charge is 2.49. The topological polar surface area (TPSA) is 62.7 Å². The van der Waals surface area contributed by atoms with E-state index >= 15 is 0 Å². The zero-order valence-corrected chi connectivity index (χ0v) is 14.0. The monoisotopic (exact) mass is 329 g/mol. The van der Waals surface area contributed by atoms with Crippen LogP contribution in [0.3, 0.4) is 0 Å². The van der Waals surface area contributed by atoms with Gasteiger partial charge in [-0.1, -0.05) is 6.07 Å². The number of hydrogen-bond acceptors (Lipinski definition) is 4. The lowest BCUT2D eigenvalue weighted by Crippen LogP contribution is -2.44. The smallest absolute Gasteiger partial charge is 0.252 e. The van der Waals surface area contributed by atoms with Crippen molar-refractivity contribution in [2.75, 3.05) is 13.2 Å². The molecule has 0 bridgehead atoms. The Morgan fingerprint density at radius 1 is 1.33 bits per heavy atom. The Hall–Kier alpha value is -1.95. The predicted octanol–water partition coefficient (Wildman–Crippen LogP) is 1.27. The van der Waals surface area contributed by atoms with E-state index in [0.717, 1.165) is 37.2 Å². The fraction of sp³-hybridized carbons (Fsp3) is 0.611. The number of aromatic nitrogens is 1. The van der Waals surface area contributed by atoms with E-state index in [0.29, 0.717) is 19.6 Å². The van der Waals surface area contributed by atoms with Crippen LogP contribution < -0.4 is 0 Å². The normalized spacial score (nSPS) is 29.4. The van der Waals surface area contributed by atoms with Crippen molar-refractivity contribution < 1.29 is 14.3 Å². The molecule has 4 heterocycles. The quantitative estimate of drug-likeness (QED) is 0.838. The first-order valence-corrected chi connectivity index (χ1v) is 8.77. The molecule has 0 radical (unpaired) electrons. The van der Waals surface area contributed by atoms with Crippen LogP contribution in [0.1, 0.15) is 37.1 Å². The summed E-state index contributed by atoms with van der Waals surface area (Å²) in [5.41, 5.74) is 1.87. The summed E-state index contributed by atoms with van der Waals surface area (Å²) in [4.78, 5) is 33.5. The fourth-order valence-corrected chi connectivity index (χ4v) is 4.23. The molecule has 24 heavy (non-hydrogen) atoms. The summed E-state index contributed by atoms with van der Waals surface area (Å²) in [5.74, 6) is 0.196. The van der Waals surface area contributed by atoms with Crippen LogP contribution in [0.4, 0.5) is 0 Å². The molecule has 0 aromatic carbocycles. The molecule has 2 amide bonds. The third-order valence-electron chi connectivity index (χ3n) is 5.38. The average Bonchev–Trinajstić information content (AvgIpc) is 3.26. The zero-order valence-electron chi connectivity index (χ0n) is 14.0. The number of pyridine rings is 1. The first-order valence-electron chi connectivity index (χ1n) is 8.77. The summed E-state index contributed by atoms with van der Waals surface area (Å²) in [6, 6.07) is 6.00. The molecule has 3 fully saturated rings. The summed E-state index contributed by atoms with van der Waals surface area (Å²) < 4.78 is 5.54. The van der Waals surface area contributed by atoms with Crippen LogP contribution in [-0.2, 0) is 20.9 Å². The van der Waals surface area contributed by atoms with Crippen LogP contribution in [0.15, 0.2) is 18.2 Å². The highest BCUT2D eigenvalue weighted by Crippen LogP contribution is 2.34. The Morgan fingerprint density at radius 3 is 2.96 bits per heavy atom. The van der Waals surface area contributed by atoms with E-state index in [4.69, 9.17) is 4.74 Å². The number of aryl methyl sites for hydroxylation is 1. The molecule has 3 atom stereocenters. The second-order valence-electron chi connectivity index (χ2n) is 6.95. The molecule has 0 aliphatic carbocycles. The third kappa shape index (κ3) is 2.69. The highest BCUT2D eigenvalue weighted by molar-refractivity contribution is 5.85. The van der Waals surface area contributed by atoms with Crippen LogP contribution in [0.5, 0.6) is 0 Å². The molecule has 0 unspecified atom stereocenters. The van der Waals surface area contributed by atoms with Gasteiger partial charge in [-0.3, -0.25) is 14.6 Å². The lowest BCUT2D eigenvalue weighted by Gasteiger charge is -2.26. The van der Waals surface area contributed by atoms with E-state index in [-0.39, 0.29) is 30.0 Å². The van der Waals surface area contributed by atoms with E-state index in [1.54, 1.807) is 0 Å².